The monoisotopic (exact) mass is 219 g/mol. The summed E-state index contributed by atoms with van der Waals surface area (Å²) >= 11 is 0. The van der Waals surface area contributed by atoms with E-state index in [-0.39, 0.29) is 12.2 Å². The predicted molar refractivity (Wildman–Crippen MR) is 61.7 cm³/mol. The quantitative estimate of drug-likeness (QED) is 0.821. The molecule has 0 bridgehead atoms. The van der Waals surface area contributed by atoms with Crippen LogP contribution in [0.5, 0.6) is 5.75 Å². The molecule has 4 heteroatoms. The Morgan fingerprint density at radius 1 is 1.38 bits per heavy atom. The van der Waals surface area contributed by atoms with Crippen molar-refractivity contribution in [3.05, 3.63) is 40.2 Å². The summed E-state index contributed by atoms with van der Waals surface area (Å²) in [5.74, 6) is 0.692. The van der Waals surface area contributed by atoms with Gasteiger partial charge in [0.15, 0.2) is 0 Å². The molecule has 0 unspecified atom stereocenters. The maximum atomic E-state index is 11.6. The topological polar surface area (TPSA) is 51.5 Å². The number of hydrogen-bond acceptors (Lipinski definition) is 3. The molecule has 0 saturated carbocycles. The van der Waals surface area contributed by atoms with Crippen LogP contribution in [0.25, 0.3) is 10.9 Å². The molecule has 16 heavy (non-hydrogen) atoms. The van der Waals surface area contributed by atoms with Gasteiger partial charge in [-0.25, -0.2) is 0 Å². The van der Waals surface area contributed by atoms with E-state index in [4.69, 9.17) is 4.74 Å². The third-order valence-electron chi connectivity index (χ3n) is 2.71. The van der Waals surface area contributed by atoms with Crippen molar-refractivity contribution in [1.82, 2.24) is 4.57 Å². The minimum atomic E-state index is -0.140. The lowest BCUT2D eigenvalue weighted by Crippen LogP contribution is -2.17. The minimum absolute atomic E-state index is 0.134. The summed E-state index contributed by atoms with van der Waals surface area (Å²) in [6, 6.07) is 6.90. The smallest absolute Gasteiger partial charge is 0.251 e. The lowest BCUT2D eigenvalue weighted by molar-refractivity contribution is 0.283. The Labute approximate surface area is 92.7 Å². The zero-order chi connectivity index (χ0) is 11.7. The van der Waals surface area contributed by atoms with E-state index in [9.17, 15) is 9.90 Å². The molecule has 0 saturated heterocycles. The molecule has 2 aromatic rings. The van der Waals surface area contributed by atoms with Gasteiger partial charge in [-0.05, 0) is 17.7 Å². The molecular formula is C12H13NO3. The van der Waals surface area contributed by atoms with Gasteiger partial charge < -0.3 is 14.4 Å². The molecule has 84 valence electrons. The van der Waals surface area contributed by atoms with E-state index in [0.29, 0.717) is 11.3 Å². The largest absolute Gasteiger partial charge is 0.497 e. The number of fused-ring (bicyclic) bond motifs is 1. The number of nitrogens with zero attached hydrogens (tertiary/aromatic N) is 1. The normalized spacial score (nSPS) is 10.7. The van der Waals surface area contributed by atoms with E-state index in [1.54, 1.807) is 20.2 Å². The molecule has 0 spiro atoms. The Hall–Kier alpha value is -1.81. The molecule has 0 aliphatic carbocycles. The van der Waals surface area contributed by atoms with Crippen LogP contribution in [-0.2, 0) is 13.7 Å². The highest BCUT2D eigenvalue weighted by Gasteiger charge is 2.06. The highest BCUT2D eigenvalue weighted by molar-refractivity contribution is 5.83. The first kappa shape index (κ1) is 10.7. The summed E-state index contributed by atoms with van der Waals surface area (Å²) in [6.45, 7) is -0.140. The van der Waals surface area contributed by atoms with Crippen molar-refractivity contribution in [2.45, 2.75) is 6.61 Å². The molecule has 1 aromatic carbocycles. The molecule has 1 heterocycles. The number of aromatic nitrogens is 1. The van der Waals surface area contributed by atoms with Gasteiger partial charge in [0.1, 0.15) is 5.75 Å². The molecule has 0 radical (unpaired) electrons. The fraction of sp³-hybridized carbons (Fsp3) is 0.250. The van der Waals surface area contributed by atoms with Crippen LogP contribution in [0.2, 0.25) is 0 Å². The van der Waals surface area contributed by atoms with E-state index < -0.39 is 0 Å². The first-order chi connectivity index (χ1) is 7.67. The SMILES string of the molecule is COc1ccc2c(CO)cc(=O)n(C)c2c1. The third kappa shape index (κ3) is 1.57. The van der Waals surface area contributed by atoms with Gasteiger partial charge >= 0.3 is 0 Å². The van der Waals surface area contributed by atoms with Gasteiger partial charge in [0.05, 0.1) is 19.2 Å². The van der Waals surface area contributed by atoms with E-state index in [1.807, 2.05) is 12.1 Å². The molecule has 0 aliphatic rings. The van der Waals surface area contributed by atoms with Gasteiger partial charge in [-0.2, -0.15) is 0 Å². The van der Waals surface area contributed by atoms with Gasteiger partial charge in [0, 0.05) is 24.6 Å². The number of hydrogen-bond donors (Lipinski definition) is 1. The summed E-state index contributed by atoms with van der Waals surface area (Å²) < 4.78 is 6.65. The molecule has 0 amide bonds. The Morgan fingerprint density at radius 3 is 2.75 bits per heavy atom. The van der Waals surface area contributed by atoms with Crippen LogP contribution in [0.4, 0.5) is 0 Å². The third-order valence-corrected chi connectivity index (χ3v) is 2.71. The average Bonchev–Trinajstić information content (AvgIpc) is 2.33. The first-order valence-electron chi connectivity index (χ1n) is 4.95. The van der Waals surface area contributed by atoms with Gasteiger partial charge in [0.2, 0.25) is 0 Å². The molecule has 1 aromatic heterocycles. The van der Waals surface area contributed by atoms with Crippen molar-refractivity contribution >= 4 is 10.9 Å². The van der Waals surface area contributed by atoms with Crippen LogP contribution < -0.4 is 10.3 Å². The fourth-order valence-electron chi connectivity index (χ4n) is 1.76. The molecular weight excluding hydrogens is 206 g/mol. The van der Waals surface area contributed by atoms with Crippen LogP contribution in [-0.4, -0.2) is 16.8 Å². The van der Waals surface area contributed by atoms with E-state index in [2.05, 4.69) is 0 Å². The van der Waals surface area contributed by atoms with Crippen LogP contribution in [0.15, 0.2) is 29.1 Å². The highest BCUT2D eigenvalue weighted by Crippen LogP contribution is 2.21. The number of ether oxygens (including phenoxy) is 1. The second kappa shape index (κ2) is 3.98. The van der Waals surface area contributed by atoms with Crippen molar-refractivity contribution in [2.75, 3.05) is 7.11 Å². The summed E-state index contributed by atoms with van der Waals surface area (Å²) in [7, 11) is 3.28. The predicted octanol–water partition coefficient (Wildman–Crippen LogP) is 1.04. The van der Waals surface area contributed by atoms with Crippen molar-refractivity contribution in [2.24, 2.45) is 7.05 Å². The Bertz CT molecular complexity index is 587. The molecule has 0 fully saturated rings. The first-order valence-corrected chi connectivity index (χ1v) is 4.95. The highest BCUT2D eigenvalue weighted by atomic mass is 16.5. The molecule has 0 aliphatic heterocycles. The summed E-state index contributed by atoms with van der Waals surface area (Å²) in [4.78, 5) is 11.6. The van der Waals surface area contributed by atoms with E-state index in [1.165, 1.54) is 10.6 Å². The minimum Gasteiger partial charge on any atom is -0.497 e. The van der Waals surface area contributed by atoms with Crippen molar-refractivity contribution in [3.8, 4) is 5.75 Å². The van der Waals surface area contributed by atoms with Gasteiger partial charge in [-0.1, -0.05) is 0 Å². The van der Waals surface area contributed by atoms with Gasteiger partial charge in [-0.3, -0.25) is 4.79 Å². The lowest BCUT2D eigenvalue weighted by atomic mass is 10.1. The molecule has 0 atom stereocenters. The zero-order valence-corrected chi connectivity index (χ0v) is 9.23. The number of methoxy groups -OCH3 is 1. The fourth-order valence-corrected chi connectivity index (χ4v) is 1.76. The Kier molecular flexibility index (Phi) is 2.66. The second-order valence-corrected chi connectivity index (χ2v) is 3.61. The number of pyridine rings is 1. The number of aliphatic hydroxyl groups is 1. The summed E-state index contributed by atoms with van der Waals surface area (Å²) in [5, 5.41) is 10.1. The number of rotatable bonds is 2. The van der Waals surface area contributed by atoms with E-state index in [0.717, 1.165) is 10.9 Å². The van der Waals surface area contributed by atoms with Gasteiger partial charge in [-0.15, -0.1) is 0 Å². The Balaban J connectivity index is 2.88. The second-order valence-electron chi connectivity index (χ2n) is 3.61. The van der Waals surface area contributed by atoms with Crippen molar-refractivity contribution < 1.29 is 9.84 Å². The summed E-state index contributed by atoms with van der Waals surface area (Å²) in [6.07, 6.45) is 0. The van der Waals surface area contributed by atoms with Gasteiger partial charge in [0.25, 0.3) is 5.56 Å². The number of benzene rings is 1. The van der Waals surface area contributed by atoms with Crippen LogP contribution in [0.3, 0.4) is 0 Å². The lowest BCUT2D eigenvalue weighted by Gasteiger charge is -2.09. The number of aryl methyl sites for hydroxylation is 1. The maximum Gasteiger partial charge on any atom is 0.251 e. The average molecular weight is 219 g/mol. The van der Waals surface area contributed by atoms with Crippen molar-refractivity contribution in [3.63, 3.8) is 0 Å². The number of aliphatic hydroxyl groups excluding tert-OH is 1. The van der Waals surface area contributed by atoms with Crippen LogP contribution >= 0.6 is 0 Å². The molecule has 1 N–H and O–H groups in total. The van der Waals surface area contributed by atoms with E-state index >= 15 is 0 Å². The van der Waals surface area contributed by atoms with Crippen molar-refractivity contribution in [1.29, 1.82) is 0 Å². The summed E-state index contributed by atoms with van der Waals surface area (Å²) in [5.41, 5.74) is 1.27. The van der Waals surface area contributed by atoms with Crippen LogP contribution in [0.1, 0.15) is 5.56 Å². The Morgan fingerprint density at radius 2 is 2.12 bits per heavy atom. The maximum absolute atomic E-state index is 11.6. The molecule has 2 rings (SSSR count). The zero-order valence-electron chi connectivity index (χ0n) is 9.23. The standard InChI is InChI=1S/C12H13NO3/c1-13-11-6-9(16-2)3-4-10(11)8(7-14)5-12(13)15/h3-6,14H,7H2,1-2H3. The van der Waals surface area contributed by atoms with Crippen LogP contribution in [0, 0.1) is 0 Å². The molecule has 4 nitrogen and oxygen atoms in total.